The van der Waals surface area contributed by atoms with Crippen molar-refractivity contribution in [2.45, 2.75) is 11.8 Å². The summed E-state index contributed by atoms with van der Waals surface area (Å²) in [6.45, 7) is 3.04. The summed E-state index contributed by atoms with van der Waals surface area (Å²) in [7, 11) is -3.47. The Morgan fingerprint density at radius 1 is 1.44 bits per heavy atom. The average Bonchev–Trinajstić information content (AvgIpc) is 2.24. The van der Waals surface area contributed by atoms with Crippen molar-refractivity contribution < 1.29 is 13.2 Å². The minimum Gasteiger partial charge on any atom is -0.399 e. The highest BCUT2D eigenvalue weighted by atomic mass is 32.2. The Balaban J connectivity index is 2.64. The van der Waals surface area contributed by atoms with Crippen LogP contribution in [0.15, 0.2) is 29.2 Å². The van der Waals surface area contributed by atoms with Crippen molar-refractivity contribution in [2.24, 2.45) is 0 Å². The molecule has 0 aliphatic carbocycles. The molecule has 1 aromatic carbocycles. The number of nitrogens with two attached hydrogens (primary N) is 1. The third-order valence-electron chi connectivity index (χ3n) is 1.91. The number of nitrogens with one attached hydrogen (secondary N) is 1. The van der Waals surface area contributed by atoms with E-state index in [9.17, 15) is 8.42 Å². The second-order valence-electron chi connectivity index (χ2n) is 3.17. The van der Waals surface area contributed by atoms with Crippen molar-refractivity contribution in [2.75, 3.05) is 25.5 Å². The quantitative estimate of drug-likeness (QED) is 0.566. The van der Waals surface area contributed by atoms with E-state index in [0.29, 0.717) is 18.9 Å². The maximum Gasteiger partial charge on any atom is 0.240 e. The van der Waals surface area contributed by atoms with Gasteiger partial charge in [0.15, 0.2) is 0 Å². The maximum atomic E-state index is 11.7. The first-order chi connectivity index (χ1) is 7.56. The summed E-state index contributed by atoms with van der Waals surface area (Å²) in [4.78, 5) is 0.170. The average molecular weight is 244 g/mol. The topological polar surface area (TPSA) is 81.4 Å². The molecule has 0 saturated heterocycles. The molecule has 0 radical (unpaired) electrons. The van der Waals surface area contributed by atoms with Crippen LogP contribution in [-0.2, 0) is 14.8 Å². The second-order valence-corrected chi connectivity index (χ2v) is 4.93. The minimum atomic E-state index is -3.47. The van der Waals surface area contributed by atoms with Gasteiger partial charge in [0.25, 0.3) is 0 Å². The van der Waals surface area contributed by atoms with Gasteiger partial charge in [-0.25, -0.2) is 13.1 Å². The van der Waals surface area contributed by atoms with Crippen LogP contribution in [0.5, 0.6) is 0 Å². The summed E-state index contributed by atoms with van der Waals surface area (Å²) in [5.74, 6) is 0. The van der Waals surface area contributed by atoms with Gasteiger partial charge in [-0.2, -0.15) is 0 Å². The number of hydrogen-bond donors (Lipinski definition) is 2. The lowest BCUT2D eigenvalue weighted by Crippen LogP contribution is -2.27. The molecule has 16 heavy (non-hydrogen) atoms. The van der Waals surface area contributed by atoms with Gasteiger partial charge in [-0.05, 0) is 25.1 Å². The number of benzene rings is 1. The van der Waals surface area contributed by atoms with E-state index in [2.05, 4.69) is 4.72 Å². The van der Waals surface area contributed by atoms with Crippen LogP contribution in [0.2, 0.25) is 0 Å². The molecule has 5 nitrogen and oxygen atoms in total. The van der Waals surface area contributed by atoms with Gasteiger partial charge in [0.05, 0.1) is 11.5 Å². The fraction of sp³-hybridized carbons (Fsp3) is 0.400. The fourth-order valence-electron chi connectivity index (χ4n) is 1.16. The van der Waals surface area contributed by atoms with Gasteiger partial charge >= 0.3 is 0 Å². The van der Waals surface area contributed by atoms with Gasteiger partial charge in [-0.15, -0.1) is 0 Å². The lowest BCUT2D eigenvalue weighted by atomic mass is 10.3. The molecule has 3 N–H and O–H groups in total. The molecule has 0 spiro atoms. The highest BCUT2D eigenvalue weighted by Crippen LogP contribution is 2.11. The molecule has 0 fully saturated rings. The molecule has 0 amide bonds. The molecular formula is C10H16N2O3S. The molecule has 0 bridgehead atoms. The van der Waals surface area contributed by atoms with E-state index >= 15 is 0 Å². The van der Waals surface area contributed by atoms with Crippen LogP contribution in [0.4, 0.5) is 5.69 Å². The Kier molecular flexibility index (Phi) is 4.72. The van der Waals surface area contributed by atoms with Crippen LogP contribution in [-0.4, -0.2) is 28.2 Å². The summed E-state index contributed by atoms with van der Waals surface area (Å²) < 4.78 is 30.9. The Hall–Kier alpha value is -1.11. The third-order valence-corrected chi connectivity index (χ3v) is 3.37. The summed E-state index contributed by atoms with van der Waals surface area (Å²) in [6, 6.07) is 6.16. The lowest BCUT2D eigenvalue weighted by Gasteiger charge is -2.07. The second kappa shape index (κ2) is 5.83. The zero-order valence-corrected chi connectivity index (χ0v) is 9.96. The van der Waals surface area contributed by atoms with E-state index in [-0.39, 0.29) is 11.4 Å². The van der Waals surface area contributed by atoms with Crippen molar-refractivity contribution >= 4 is 15.7 Å². The zero-order valence-electron chi connectivity index (χ0n) is 9.14. The number of sulfonamides is 1. The van der Waals surface area contributed by atoms with Crippen LogP contribution in [0.25, 0.3) is 0 Å². The van der Waals surface area contributed by atoms with Crippen molar-refractivity contribution in [3.05, 3.63) is 24.3 Å². The molecule has 0 unspecified atom stereocenters. The van der Waals surface area contributed by atoms with Crippen molar-refractivity contribution in [3.8, 4) is 0 Å². The van der Waals surface area contributed by atoms with Crippen molar-refractivity contribution in [1.29, 1.82) is 0 Å². The Morgan fingerprint density at radius 3 is 2.81 bits per heavy atom. The molecule has 0 aliphatic rings. The Labute approximate surface area is 95.7 Å². The van der Waals surface area contributed by atoms with Gasteiger partial charge in [0, 0.05) is 18.8 Å². The van der Waals surface area contributed by atoms with E-state index in [1.807, 2.05) is 6.92 Å². The van der Waals surface area contributed by atoms with Crippen LogP contribution in [0.1, 0.15) is 6.92 Å². The molecule has 0 saturated carbocycles. The van der Waals surface area contributed by atoms with Crippen molar-refractivity contribution in [3.63, 3.8) is 0 Å². The molecule has 0 aliphatic heterocycles. The maximum absolute atomic E-state index is 11.7. The van der Waals surface area contributed by atoms with Gasteiger partial charge in [-0.1, -0.05) is 6.07 Å². The molecule has 1 aromatic rings. The van der Waals surface area contributed by atoms with Crippen molar-refractivity contribution in [1.82, 2.24) is 4.72 Å². The summed E-state index contributed by atoms with van der Waals surface area (Å²) in [6.07, 6.45) is 0. The Morgan fingerprint density at radius 2 is 2.19 bits per heavy atom. The van der Waals surface area contributed by atoms with E-state index in [1.165, 1.54) is 12.1 Å². The smallest absolute Gasteiger partial charge is 0.240 e. The SMILES string of the molecule is CCOCCNS(=O)(=O)c1cccc(N)c1. The first-order valence-corrected chi connectivity index (χ1v) is 6.47. The summed E-state index contributed by atoms with van der Waals surface area (Å²) >= 11 is 0. The first kappa shape index (κ1) is 13.0. The predicted octanol–water partition coefficient (Wildman–Crippen LogP) is 0.584. The van der Waals surface area contributed by atoms with Crippen LogP contribution < -0.4 is 10.5 Å². The van der Waals surface area contributed by atoms with Gasteiger partial charge in [-0.3, -0.25) is 0 Å². The van der Waals surface area contributed by atoms with E-state index in [4.69, 9.17) is 10.5 Å². The van der Waals surface area contributed by atoms with Gasteiger partial charge in [0.2, 0.25) is 10.0 Å². The minimum absolute atomic E-state index is 0.170. The van der Waals surface area contributed by atoms with Crippen LogP contribution in [0, 0.1) is 0 Å². The molecule has 0 aromatic heterocycles. The molecule has 6 heteroatoms. The third kappa shape index (κ3) is 3.80. The Bertz CT molecular complexity index is 431. The highest BCUT2D eigenvalue weighted by molar-refractivity contribution is 7.89. The van der Waals surface area contributed by atoms with Crippen LogP contribution >= 0.6 is 0 Å². The molecule has 90 valence electrons. The van der Waals surface area contributed by atoms with Crippen LogP contribution in [0.3, 0.4) is 0 Å². The first-order valence-electron chi connectivity index (χ1n) is 4.99. The largest absolute Gasteiger partial charge is 0.399 e. The highest BCUT2D eigenvalue weighted by Gasteiger charge is 2.12. The summed E-state index contributed by atoms with van der Waals surface area (Å²) in [5, 5.41) is 0. The zero-order chi connectivity index (χ0) is 12.0. The number of ether oxygens (including phenoxy) is 1. The molecular weight excluding hydrogens is 228 g/mol. The summed E-state index contributed by atoms with van der Waals surface area (Å²) in [5.41, 5.74) is 5.94. The van der Waals surface area contributed by atoms with Gasteiger partial charge < -0.3 is 10.5 Å². The monoisotopic (exact) mass is 244 g/mol. The normalized spacial score (nSPS) is 11.6. The number of nitrogen functional groups attached to an aromatic ring is 1. The number of rotatable bonds is 6. The lowest BCUT2D eigenvalue weighted by molar-refractivity contribution is 0.153. The molecule has 0 heterocycles. The molecule has 1 rings (SSSR count). The standard InChI is InChI=1S/C10H16N2O3S/c1-2-15-7-6-12-16(13,14)10-5-3-4-9(11)8-10/h3-5,8,12H,2,6-7,11H2,1H3. The molecule has 0 atom stereocenters. The van der Waals surface area contributed by atoms with E-state index < -0.39 is 10.0 Å². The number of anilines is 1. The van der Waals surface area contributed by atoms with E-state index in [0.717, 1.165) is 0 Å². The van der Waals surface area contributed by atoms with Gasteiger partial charge in [0.1, 0.15) is 0 Å². The van der Waals surface area contributed by atoms with E-state index in [1.54, 1.807) is 12.1 Å². The fourth-order valence-corrected chi connectivity index (χ4v) is 2.23. The predicted molar refractivity (Wildman–Crippen MR) is 62.5 cm³/mol. The number of hydrogen-bond acceptors (Lipinski definition) is 4.